The molecule has 1 aliphatic carbocycles. The predicted octanol–water partition coefficient (Wildman–Crippen LogP) is 1.38. The molecule has 1 aromatic carbocycles. The standard InChI is InChI=1S/C16H26N2O4S2/c1-18(2)24(21,22)15-10-6-4-8-13(15)12-17-14-9-5-7-11-16(14)23(3,19)20/h4,6,8,10,14,16-17H,5,7,9,11-12H2,1-3H3. The second-order valence-electron chi connectivity index (χ2n) is 6.53. The number of sulfonamides is 1. The molecule has 0 spiro atoms. The first-order valence-corrected chi connectivity index (χ1v) is 11.5. The van der Waals surface area contributed by atoms with Crippen LogP contribution in [0.3, 0.4) is 0 Å². The Balaban J connectivity index is 2.21. The molecule has 1 aliphatic rings. The van der Waals surface area contributed by atoms with Gasteiger partial charge in [0.2, 0.25) is 10.0 Å². The summed E-state index contributed by atoms with van der Waals surface area (Å²) in [5.74, 6) is 0. The number of nitrogens with one attached hydrogen (secondary N) is 1. The zero-order valence-corrected chi connectivity index (χ0v) is 16.0. The molecule has 24 heavy (non-hydrogen) atoms. The highest BCUT2D eigenvalue weighted by molar-refractivity contribution is 7.91. The summed E-state index contributed by atoms with van der Waals surface area (Å²) >= 11 is 0. The first-order chi connectivity index (χ1) is 11.1. The molecule has 8 heteroatoms. The minimum Gasteiger partial charge on any atom is -0.309 e. The molecule has 2 unspecified atom stereocenters. The van der Waals surface area contributed by atoms with Crippen molar-refractivity contribution in [2.24, 2.45) is 0 Å². The van der Waals surface area contributed by atoms with Gasteiger partial charge >= 0.3 is 0 Å². The summed E-state index contributed by atoms with van der Waals surface area (Å²) in [6.07, 6.45) is 4.64. The number of hydrogen-bond acceptors (Lipinski definition) is 5. The van der Waals surface area contributed by atoms with Gasteiger partial charge in [-0.25, -0.2) is 21.1 Å². The summed E-state index contributed by atoms with van der Waals surface area (Å²) in [6, 6.07) is 6.70. The molecule has 6 nitrogen and oxygen atoms in total. The molecule has 0 amide bonds. The lowest BCUT2D eigenvalue weighted by molar-refractivity contribution is 0.369. The molecule has 2 atom stereocenters. The zero-order valence-electron chi connectivity index (χ0n) is 14.4. The largest absolute Gasteiger partial charge is 0.309 e. The van der Waals surface area contributed by atoms with Gasteiger partial charge in [0.15, 0.2) is 9.84 Å². The lowest BCUT2D eigenvalue weighted by Gasteiger charge is -2.31. The van der Waals surface area contributed by atoms with Crippen molar-refractivity contribution in [1.82, 2.24) is 9.62 Å². The third-order valence-corrected chi connectivity index (χ3v) is 8.12. The van der Waals surface area contributed by atoms with Crippen LogP contribution in [0.5, 0.6) is 0 Å². The van der Waals surface area contributed by atoms with Crippen LogP contribution in [0.25, 0.3) is 0 Å². The molecule has 1 fully saturated rings. The Hall–Kier alpha value is -0.960. The predicted molar refractivity (Wildman–Crippen MR) is 95.0 cm³/mol. The van der Waals surface area contributed by atoms with Gasteiger partial charge in [0.05, 0.1) is 10.1 Å². The highest BCUT2D eigenvalue weighted by Crippen LogP contribution is 2.25. The quantitative estimate of drug-likeness (QED) is 0.813. The second kappa shape index (κ2) is 7.51. The highest BCUT2D eigenvalue weighted by Gasteiger charge is 2.32. The molecule has 0 aliphatic heterocycles. The number of benzene rings is 1. The average Bonchev–Trinajstić information content (AvgIpc) is 2.52. The number of rotatable bonds is 6. The van der Waals surface area contributed by atoms with E-state index >= 15 is 0 Å². The van der Waals surface area contributed by atoms with Crippen LogP contribution in [0.2, 0.25) is 0 Å². The Labute approximate surface area is 145 Å². The maximum Gasteiger partial charge on any atom is 0.242 e. The van der Waals surface area contributed by atoms with Crippen molar-refractivity contribution < 1.29 is 16.8 Å². The first-order valence-electron chi connectivity index (χ1n) is 8.06. The second-order valence-corrected chi connectivity index (χ2v) is 10.9. The van der Waals surface area contributed by atoms with Crippen LogP contribution >= 0.6 is 0 Å². The molecule has 0 saturated heterocycles. The fourth-order valence-corrected chi connectivity index (χ4v) is 5.72. The zero-order chi connectivity index (χ0) is 18.0. The Morgan fingerprint density at radius 3 is 2.33 bits per heavy atom. The number of sulfone groups is 1. The van der Waals surface area contributed by atoms with Crippen molar-refractivity contribution in [2.75, 3.05) is 20.4 Å². The van der Waals surface area contributed by atoms with Gasteiger partial charge in [-0.2, -0.15) is 0 Å². The van der Waals surface area contributed by atoms with Crippen molar-refractivity contribution in [3.8, 4) is 0 Å². The Morgan fingerprint density at radius 1 is 1.08 bits per heavy atom. The first kappa shape index (κ1) is 19.4. The van der Waals surface area contributed by atoms with Crippen LogP contribution in [0.1, 0.15) is 31.2 Å². The molecule has 1 N–H and O–H groups in total. The summed E-state index contributed by atoms with van der Waals surface area (Å²) in [5, 5.41) is 2.88. The number of hydrogen-bond donors (Lipinski definition) is 1. The third-order valence-electron chi connectivity index (χ3n) is 4.54. The van der Waals surface area contributed by atoms with Gasteiger partial charge in [-0.1, -0.05) is 31.0 Å². The summed E-state index contributed by atoms with van der Waals surface area (Å²) in [7, 11) is -3.65. The van der Waals surface area contributed by atoms with Crippen LogP contribution in [0.15, 0.2) is 29.2 Å². The molecular weight excluding hydrogens is 348 g/mol. The SMILES string of the molecule is CN(C)S(=O)(=O)c1ccccc1CNC1CCCCC1S(C)(=O)=O. The van der Waals surface area contributed by atoms with Gasteiger partial charge in [0, 0.05) is 32.9 Å². The van der Waals surface area contributed by atoms with E-state index in [9.17, 15) is 16.8 Å². The monoisotopic (exact) mass is 374 g/mol. The molecule has 0 heterocycles. The Kier molecular flexibility index (Phi) is 6.06. The van der Waals surface area contributed by atoms with E-state index in [0.717, 1.165) is 19.3 Å². The topological polar surface area (TPSA) is 83.6 Å². The van der Waals surface area contributed by atoms with Gasteiger partial charge in [-0.15, -0.1) is 0 Å². The van der Waals surface area contributed by atoms with Crippen molar-refractivity contribution in [3.63, 3.8) is 0 Å². The molecule has 0 aromatic heterocycles. The van der Waals surface area contributed by atoms with E-state index in [1.165, 1.54) is 24.7 Å². The van der Waals surface area contributed by atoms with E-state index in [0.29, 0.717) is 18.5 Å². The van der Waals surface area contributed by atoms with Gasteiger partial charge < -0.3 is 5.32 Å². The van der Waals surface area contributed by atoms with Gasteiger partial charge in [-0.3, -0.25) is 0 Å². The Bertz CT molecular complexity index is 773. The van der Waals surface area contributed by atoms with Crippen molar-refractivity contribution in [2.45, 2.75) is 48.4 Å². The van der Waals surface area contributed by atoms with E-state index < -0.39 is 25.1 Å². The van der Waals surface area contributed by atoms with Gasteiger partial charge in [-0.05, 0) is 24.5 Å². The van der Waals surface area contributed by atoms with Gasteiger partial charge in [0.1, 0.15) is 0 Å². The highest BCUT2D eigenvalue weighted by atomic mass is 32.2. The molecule has 0 bridgehead atoms. The van der Waals surface area contributed by atoms with E-state index in [-0.39, 0.29) is 10.9 Å². The maximum atomic E-state index is 12.4. The summed E-state index contributed by atoms with van der Waals surface area (Å²) in [5.41, 5.74) is 0.657. The normalized spacial score (nSPS) is 22.7. The van der Waals surface area contributed by atoms with E-state index in [1.54, 1.807) is 24.3 Å². The molecule has 0 radical (unpaired) electrons. The fraction of sp³-hybridized carbons (Fsp3) is 0.625. The van der Waals surface area contributed by atoms with Crippen LogP contribution in [0.4, 0.5) is 0 Å². The van der Waals surface area contributed by atoms with Crippen molar-refractivity contribution >= 4 is 19.9 Å². The summed E-state index contributed by atoms with van der Waals surface area (Å²) in [4.78, 5) is 0.259. The molecule has 2 rings (SSSR count). The minimum absolute atomic E-state index is 0.135. The lowest BCUT2D eigenvalue weighted by Crippen LogP contribution is -2.45. The van der Waals surface area contributed by atoms with Crippen LogP contribution in [-0.4, -0.2) is 52.8 Å². The van der Waals surface area contributed by atoms with Gasteiger partial charge in [0.25, 0.3) is 0 Å². The summed E-state index contributed by atoms with van der Waals surface area (Å²) < 4.78 is 50.0. The smallest absolute Gasteiger partial charge is 0.242 e. The van der Waals surface area contributed by atoms with E-state index in [2.05, 4.69) is 5.32 Å². The third kappa shape index (κ3) is 4.36. The summed E-state index contributed by atoms with van der Waals surface area (Å²) in [6.45, 7) is 0.333. The fourth-order valence-electron chi connectivity index (χ4n) is 3.18. The van der Waals surface area contributed by atoms with Crippen molar-refractivity contribution in [1.29, 1.82) is 0 Å². The molecule has 136 valence electrons. The molecular formula is C16H26N2O4S2. The maximum absolute atomic E-state index is 12.4. The van der Waals surface area contributed by atoms with Crippen LogP contribution < -0.4 is 5.32 Å². The molecule has 1 aromatic rings. The Morgan fingerprint density at radius 2 is 1.71 bits per heavy atom. The van der Waals surface area contributed by atoms with Crippen LogP contribution in [-0.2, 0) is 26.4 Å². The van der Waals surface area contributed by atoms with E-state index in [4.69, 9.17) is 0 Å². The molecule has 1 saturated carbocycles. The average molecular weight is 375 g/mol. The lowest BCUT2D eigenvalue weighted by atomic mass is 9.94. The minimum atomic E-state index is -3.53. The van der Waals surface area contributed by atoms with E-state index in [1.807, 2.05) is 0 Å². The van der Waals surface area contributed by atoms with Crippen molar-refractivity contribution in [3.05, 3.63) is 29.8 Å². The van der Waals surface area contributed by atoms with Crippen LogP contribution in [0, 0.1) is 0 Å². The number of nitrogens with zero attached hydrogens (tertiary/aromatic N) is 1.